The van der Waals surface area contributed by atoms with Crippen molar-refractivity contribution < 1.29 is 4.74 Å². The third-order valence-electron chi connectivity index (χ3n) is 3.34. The van der Waals surface area contributed by atoms with Crippen molar-refractivity contribution in [3.8, 4) is 0 Å². The number of halogens is 3. The molecule has 0 spiro atoms. The molecule has 0 aromatic carbocycles. The molecule has 5 nitrogen and oxygen atoms in total. The fourth-order valence-corrected chi connectivity index (χ4v) is 3.70. The van der Waals surface area contributed by atoms with Gasteiger partial charge in [0.1, 0.15) is 22.9 Å². The van der Waals surface area contributed by atoms with Gasteiger partial charge in [0, 0.05) is 28.8 Å². The Hall–Kier alpha value is -0.343. The Morgan fingerprint density at radius 3 is 2.39 bits per heavy atom. The summed E-state index contributed by atoms with van der Waals surface area (Å²) in [6, 6.07) is 1.11. The summed E-state index contributed by atoms with van der Waals surface area (Å²) in [7, 11) is 2.74. The number of fused-ring (bicyclic) bond motifs is 1. The largest absolute Gasteiger partial charge is 0.361 e. The molecule has 23 heavy (non-hydrogen) atoms. The summed E-state index contributed by atoms with van der Waals surface area (Å²) >= 11 is 15.8. The van der Waals surface area contributed by atoms with E-state index in [2.05, 4.69) is 45.5 Å². The van der Waals surface area contributed by atoms with Gasteiger partial charge in [0.25, 0.3) is 0 Å². The standard InChI is InChI=1S/C14H21BrCl2N4OSi/c1-20(2)14-18-10-9(15)12(16)19-13(17)11(10)21(14)8-22-6-7-23(3,4)5/h6-8H2,1-5H3. The highest BCUT2D eigenvalue weighted by molar-refractivity contribution is 9.10. The molecule has 0 saturated heterocycles. The van der Waals surface area contributed by atoms with Gasteiger partial charge in [-0.25, -0.2) is 9.97 Å². The zero-order valence-electron chi connectivity index (χ0n) is 14.0. The van der Waals surface area contributed by atoms with Crippen molar-refractivity contribution in [2.45, 2.75) is 32.4 Å². The van der Waals surface area contributed by atoms with Gasteiger partial charge in [-0.15, -0.1) is 0 Å². The Bertz CT molecular complexity index is 715. The van der Waals surface area contributed by atoms with Gasteiger partial charge in [-0.2, -0.15) is 0 Å². The van der Waals surface area contributed by atoms with Crippen molar-refractivity contribution in [3.05, 3.63) is 14.8 Å². The normalized spacial score (nSPS) is 12.2. The van der Waals surface area contributed by atoms with Crippen molar-refractivity contribution in [1.82, 2.24) is 14.5 Å². The molecular formula is C14H21BrCl2N4OSi. The first kappa shape index (κ1) is 19.0. The topological polar surface area (TPSA) is 43.2 Å². The van der Waals surface area contributed by atoms with E-state index < -0.39 is 8.07 Å². The fourth-order valence-electron chi connectivity index (χ4n) is 2.09. The number of ether oxygens (including phenoxy) is 1. The molecule has 0 N–H and O–H groups in total. The molecule has 0 unspecified atom stereocenters. The van der Waals surface area contributed by atoms with E-state index in [0.717, 1.165) is 24.1 Å². The van der Waals surface area contributed by atoms with Crippen LogP contribution in [-0.4, -0.2) is 43.3 Å². The number of aromatic nitrogens is 3. The van der Waals surface area contributed by atoms with Crippen LogP contribution in [0.15, 0.2) is 4.47 Å². The molecular weight excluding hydrogens is 419 g/mol. The van der Waals surface area contributed by atoms with E-state index in [-0.39, 0.29) is 0 Å². The smallest absolute Gasteiger partial charge is 0.208 e. The van der Waals surface area contributed by atoms with Gasteiger partial charge in [-0.1, -0.05) is 42.8 Å². The number of anilines is 1. The minimum atomic E-state index is -1.12. The molecule has 0 saturated carbocycles. The van der Waals surface area contributed by atoms with E-state index in [9.17, 15) is 0 Å². The van der Waals surface area contributed by atoms with Crippen LogP contribution in [0.5, 0.6) is 0 Å². The second-order valence-electron chi connectivity index (χ2n) is 6.79. The van der Waals surface area contributed by atoms with Crippen LogP contribution in [0.1, 0.15) is 0 Å². The highest BCUT2D eigenvalue weighted by Gasteiger charge is 2.21. The molecule has 9 heteroatoms. The van der Waals surface area contributed by atoms with E-state index in [1.807, 2.05) is 23.6 Å². The van der Waals surface area contributed by atoms with Gasteiger partial charge in [0.2, 0.25) is 5.95 Å². The van der Waals surface area contributed by atoms with Gasteiger partial charge in [0.05, 0.1) is 4.47 Å². The van der Waals surface area contributed by atoms with Crippen molar-refractivity contribution in [3.63, 3.8) is 0 Å². The van der Waals surface area contributed by atoms with Gasteiger partial charge < -0.3 is 9.64 Å². The maximum absolute atomic E-state index is 6.30. The lowest BCUT2D eigenvalue weighted by Crippen LogP contribution is -2.22. The second kappa shape index (κ2) is 7.27. The molecule has 0 bridgehead atoms. The Morgan fingerprint density at radius 2 is 1.83 bits per heavy atom. The molecule has 0 aliphatic rings. The number of rotatable bonds is 6. The van der Waals surface area contributed by atoms with Crippen LogP contribution in [0, 0.1) is 0 Å². The summed E-state index contributed by atoms with van der Waals surface area (Å²) in [5.41, 5.74) is 1.41. The van der Waals surface area contributed by atoms with Gasteiger partial charge in [-0.05, 0) is 22.0 Å². The number of hydrogen-bond donors (Lipinski definition) is 0. The molecule has 2 heterocycles. The van der Waals surface area contributed by atoms with E-state index in [4.69, 9.17) is 27.9 Å². The first-order valence-electron chi connectivity index (χ1n) is 7.27. The van der Waals surface area contributed by atoms with Gasteiger partial charge in [0.15, 0.2) is 5.15 Å². The van der Waals surface area contributed by atoms with Crippen LogP contribution in [0.3, 0.4) is 0 Å². The van der Waals surface area contributed by atoms with Gasteiger partial charge >= 0.3 is 0 Å². The fraction of sp³-hybridized carbons (Fsp3) is 0.571. The van der Waals surface area contributed by atoms with E-state index in [1.165, 1.54) is 0 Å². The molecule has 0 aliphatic carbocycles. The second-order valence-corrected chi connectivity index (χ2v) is 13.9. The van der Waals surface area contributed by atoms with Crippen LogP contribution < -0.4 is 4.90 Å². The predicted molar refractivity (Wildman–Crippen MR) is 104 cm³/mol. The van der Waals surface area contributed by atoms with Crippen LogP contribution in [0.4, 0.5) is 5.95 Å². The number of imidazole rings is 1. The first-order valence-corrected chi connectivity index (χ1v) is 12.5. The molecule has 0 amide bonds. The minimum Gasteiger partial charge on any atom is -0.361 e. The summed E-state index contributed by atoms with van der Waals surface area (Å²) in [5, 5.41) is 0.625. The van der Waals surface area contributed by atoms with E-state index in [1.54, 1.807) is 0 Å². The SMILES string of the molecule is CN(C)c1nc2c(Br)c(Cl)nc(Cl)c2n1COCC[Si](C)(C)C. The van der Waals surface area contributed by atoms with Crippen molar-refractivity contribution in [1.29, 1.82) is 0 Å². The molecule has 0 aliphatic heterocycles. The number of nitrogens with zero attached hydrogens (tertiary/aromatic N) is 4. The third-order valence-corrected chi connectivity index (χ3v) is 6.57. The molecule has 2 rings (SSSR count). The summed E-state index contributed by atoms with van der Waals surface area (Å²) in [4.78, 5) is 10.7. The predicted octanol–water partition coefficient (Wildman–Crippen LogP) is 4.88. The highest BCUT2D eigenvalue weighted by atomic mass is 79.9. The average molecular weight is 440 g/mol. The lowest BCUT2D eigenvalue weighted by molar-refractivity contribution is 0.0907. The Morgan fingerprint density at radius 1 is 1.17 bits per heavy atom. The minimum absolute atomic E-state index is 0.303. The van der Waals surface area contributed by atoms with Crippen molar-refractivity contribution in [2.24, 2.45) is 0 Å². The number of pyridine rings is 1. The Kier molecular flexibility index (Phi) is 6.00. The average Bonchev–Trinajstić information content (AvgIpc) is 2.80. The van der Waals surface area contributed by atoms with Crippen molar-refractivity contribution >= 4 is 64.2 Å². The summed E-state index contributed by atoms with van der Waals surface area (Å²) in [6.07, 6.45) is 0. The maximum atomic E-state index is 6.30. The Labute approximate surface area is 156 Å². The highest BCUT2D eigenvalue weighted by Crippen LogP contribution is 2.35. The van der Waals surface area contributed by atoms with Crippen LogP contribution >= 0.6 is 39.1 Å². The molecule has 128 valence electrons. The van der Waals surface area contributed by atoms with Crippen LogP contribution in [0.2, 0.25) is 36.0 Å². The number of hydrogen-bond acceptors (Lipinski definition) is 4. The monoisotopic (exact) mass is 438 g/mol. The Balaban J connectivity index is 2.37. The summed E-state index contributed by atoms with van der Waals surface area (Å²) in [6.45, 7) is 8.09. The van der Waals surface area contributed by atoms with Crippen molar-refractivity contribution in [2.75, 3.05) is 25.6 Å². The maximum Gasteiger partial charge on any atom is 0.208 e. The van der Waals surface area contributed by atoms with E-state index >= 15 is 0 Å². The third kappa shape index (κ3) is 4.39. The summed E-state index contributed by atoms with van der Waals surface area (Å²) < 4.78 is 8.44. The lowest BCUT2D eigenvalue weighted by Gasteiger charge is -2.18. The zero-order valence-corrected chi connectivity index (χ0v) is 18.1. The lowest BCUT2D eigenvalue weighted by atomic mass is 10.4. The van der Waals surface area contributed by atoms with E-state index in [0.29, 0.717) is 27.0 Å². The van der Waals surface area contributed by atoms with Gasteiger partial charge in [-0.3, -0.25) is 4.57 Å². The molecule has 0 atom stereocenters. The quantitative estimate of drug-likeness (QED) is 0.365. The van der Waals surface area contributed by atoms with Crippen LogP contribution in [0.25, 0.3) is 11.0 Å². The molecule has 2 aromatic rings. The molecule has 0 radical (unpaired) electrons. The summed E-state index contributed by atoms with van der Waals surface area (Å²) in [5.74, 6) is 0.750. The molecule has 0 fully saturated rings. The molecule has 2 aromatic heterocycles. The van der Waals surface area contributed by atoms with Crippen LogP contribution in [-0.2, 0) is 11.5 Å². The first-order chi connectivity index (χ1) is 10.6. The zero-order chi connectivity index (χ0) is 17.4.